The van der Waals surface area contributed by atoms with Crippen LogP contribution in [0.15, 0.2) is 42.7 Å². The van der Waals surface area contributed by atoms with E-state index < -0.39 is 0 Å². The first-order valence-corrected chi connectivity index (χ1v) is 6.86. The maximum absolute atomic E-state index is 11.7. The standard InChI is InChI=1S/C16H19N3O2/c1-21-14-5-2-4-13(12-14)7-8-16(20)19-9-3-6-15-17-10-11-18-15/h2,4-5,7-8,10-12H,3,6,9H2,1H3,(H,17,18)(H,19,20)/b8-7+. The molecule has 1 aromatic heterocycles. The number of hydrogen-bond acceptors (Lipinski definition) is 3. The van der Waals surface area contributed by atoms with Crippen molar-refractivity contribution in [3.05, 3.63) is 54.1 Å². The normalized spacial score (nSPS) is 10.7. The van der Waals surface area contributed by atoms with Gasteiger partial charge in [-0.25, -0.2) is 4.98 Å². The molecule has 1 amide bonds. The number of nitrogens with one attached hydrogen (secondary N) is 2. The van der Waals surface area contributed by atoms with Crippen molar-refractivity contribution in [3.63, 3.8) is 0 Å². The minimum absolute atomic E-state index is 0.0998. The molecule has 0 fully saturated rings. The maximum Gasteiger partial charge on any atom is 0.243 e. The quantitative estimate of drug-likeness (QED) is 0.605. The van der Waals surface area contributed by atoms with E-state index in [2.05, 4.69) is 15.3 Å². The lowest BCUT2D eigenvalue weighted by molar-refractivity contribution is -0.116. The number of H-pyrrole nitrogens is 1. The molecule has 0 atom stereocenters. The lowest BCUT2D eigenvalue weighted by Gasteiger charge is -2.02. The van der Waals surface area contributed by atoms with Gasteiger partial charge in [-0.05, 0) is 30.2 Å². The summed E-state index contributed by atoms with van der Waals surface area (Å²) in [6.07, 6.45) is 8.50. The number of benzene rings is 1. The summed E-state index contributed by atoms with van der Waals surface area (Å²) in [5, 5.41) is 2.85. The third-order valence-electron chi connectivity index (χ3n) is 2.97. The van der Waals surface area contributed by atoms with Crippen LogP contribution in [0.1, 0.15) is 17.8 Å². The molecular formula is C16H19N3O2. The summed E-state index contributed by atoms with van der Waals surface area (Å²) in [7, 11) is 1.62. The van der Waals surface area contributed by atoms with E-state index >= 15 is 0 Å². The van der Waals surface area contributed by atoms with Crippen LogP contribution in [0, 0.1) is 0 Å². The van der Waals surface area contributed by atoms with Crippen LogP contribution in [0.25, 0.3) is 6.08 Å². The molecule has 0 saturated carbocycles. The predicted octanol–water partition coefficient (Wildman–Crippen LogP) is 2.18. The van der Waals surface area contributed by atoms with Crippen molar-refractivity contribution in [2.75, 3.05) is 13.7 Å². The summed E-state index contributed by atoms with van der Waals surface area (Å²) in [6, 6.07) is 7.55. The number of aromatic amines is 1. The van der Waals surface area contributed by atoms with E-state index in [1.807, 2.05) is 24.3 Å². The first-order valence-electron chi connectivity index (χ1n) is 6.86. The van der Waals surface area contributed by atoms with Gasteiger partial charge in [0.05, 0.1) is 7.11 Å². The maximum atomic E-state index is 11.7. The zero-order valence-corrected chi connectivity index (χ0v) is 12.0. The molecule has 0 radical (unpaired) electrons. The van der Waals surface area contributed by atoms with Crippen LogP contribution >= 0.6 is 0 Å². The van der Waals surface area contributed by atoms with Crippen LogP contribution in [0.4, 0.5) is 0 Å². The van der Waals surface area contributed by atoms with Crippen LogP contribution < -0.4 is 10.1 Å². The number of nitrogens with zero attached hydrogens (tertiary/aromatic N) is 1. The molecule has 1 aromatic carbocycles. The fraction of sp³-hybridized carbons (Fsp3) is 0.250. The Morgan fingerprint density at radius 2 is 2.38 bits per heavy atom. The molecule has 2 rings (SSSR count). The van der Waals surface area contributed by atoms with Gasteiger partial charge < -0.3 is 15.0 Å². The highest BCUT2D eigenvalue weighted by Crippen LogP contribution is 2.13. The Bertz CT molecular complexity index is 591. The number of rotatable bonds is 7. The molecule has 0 spiro atoms. The number of aromatic nitrogens is 2. The van der Waals surface area contributed by atoms with Crippen LogP contribution in [-0.4, -0.2) is 29.5 Å². The Kier molecular flexibility index (Phi) is 5.58. The summed E-state index contributed by atoms with van der Waals surface area (Å²) in [5.74, 6) is 1.62. The van der Waals surface area contributed by atoms with Gasteiger partial charge in [0, 0.05) is 31.4 Å². The van der Waals surface area contributed by atoms with Gasteiger partial charge in [0.15, 0.2) is 0 Å². The van der Waals surface area contributed by atoms with Crippen molar-refractivity contribution >= 4 is 12.0 Å². The Hall–Kier alpha value is -2.56. The summed E-state index contributed by atoms with van der Waals surface area (Å²) < 4.78 is 5.13. The van der Waals surface area contributed by atoms with Crippen LogP contribution in [0.2, 0.25) is 0 Å². The SMILES string of the molecule is COc1cccc(/C=C/C(=O)NCCCc2ncc[nH]2)c1. The third kappa shape index (κ3) is 5.14. The second kappa shape index (κ2) is 7.89. The number of amides is 1. The average Bonchev–Trinajstić information content (AvgIpc) is 3.03. The molecule has 0 aliphatic heterocycles. The number of ether oxygens (including phenoxy) is 1. The van der Waals surface area contributed by atoms with Gasteiger partial charge in [-0.15, -0.1) is 0 Å². The van der Waals surface area contributed by atoms with Crippen molar-refractivity contribution in [3.8, 4) is 5.75 Å². The van der Waals surface area contributed by atoms with Gasteiger partial charge in [-0.2, -0.15) is 0 Å². The van der Waals surface area contributed by atoms with E-state index in [0.717, 1.165) is 30.0 Å². The van der Waals surface area contributed by atoms with E-state index in [-0.39, 0.29) is 5.91 Å². The van der Waals surface area contributed by atoms with Crippen molar-refractivity contribution < 1.29 is 9.53 Å². The lowest BCUT2D eigenvalue weighted by Crippen LogP contribution is -2.22. The second-order valence-corrected chi connectivity index (χ2v) is 4.54. The molecule has 2 aromatic rings. The average molecular weight is 285 g/mol. The first-order chi connectivity index (χ1) is 10.3. The molecule has 0 bridgehead atoms. The minimum atomic E-state index is -0.0998. The molecule has 0 aliphatic carbocycles. The molecule has 1 heterocycles. The van der Waals surface area contributed by atoms with Crippen molar-refractivity contribution in [2.45, 2.75) is 12.8 Å². The monoisotopic (exact) mass is 285 g/mol. The molecule has 0 saturated heterocycles. The molecule has 5 heteroatoms. The van der Waals surface area contributed by atoms with E-state index in [9.17, 15) is 4.79 Å². The van der Waals surface area contributed by atoms with Crippen LogP contribution in [0.3, 0.4) is 0 Å². The Labute approximate surface area is 124 Å². The summed E-state index contributed by atoms with van der Waals surface area (Å²) >= 11 is 0. The van der Waals surface area contributed by atoms with Gasteiger partial charge in [-0.3, -0.25) is 4.79 Å². The predicted molar refractivity (Wildman–Crippen MR) is 81.9 cm³/mol. The Balaban J connectivity index is 1.72. The fourth-order valence-electron chi connectivity index (χ4n) is 1.88. The lowest BCUT2D eigenvalue weighted by atomic mass is 10.2. The summed E-state index contributed by atoms with van der Waals surface area (Å²) in [5.41, 5.74) is 0.931. The van der Waals surface area contributed by atoms with Gasteiger partial charge in [0.25, 0.3) is 0 Å². The molecule has 110 valence electrons. The highest BCUT2D eigenvalue weighted by atomic mass is 16.5. The number of methoxy groups -OCH3 is 1. The summed E-state index contributed by atoms with van der Waals surface area (Å²) in [4.78, 5) is 18.8. The van der Waals surface area contributed by atoms with Gasteiger partial charge in [0.1, 0.15) is 11.6 Å². The molecule has 21 heavy (non-hydrogen) atoms. The van der Waals surface area contributed by atoms with Crippen LogP contribution in [0.5, 0.6) is 5.75 Å². The number of aryl methyl sites for hydroxylation is 1. The molecular weight excluding hydrogens is 266 g/mol. The van der Waals surface area contributed by atoms with Gasteiger partial charge in [0.2, 0.25) is 5.91 Å². The molecule has 0 aliphatic rings. The number of imidazole rings is 1. The van der Waals surface area contributed by atoms with Crippen LogP contribution in [-0.2, 0) is 11.2 Å². The highest BCUT2D eigenvalue weighted by Gasteiger charge is 1.98. The van der Waals surface area contributed by atoms with E-state index in [1.54, 1.807) is 25.6 Å². The van der Waals surface area contributed by atoms with E-state index in [4.69, 9.17) is 4.74 Å². The Morgan fingerprint density at radius 1 is 1.48 bits per heavy atom. The minimum Gasteiger partial charge on any atom is -0.497 e. The first kappa shape index (κ1) is 14.8. The molecule has 0 unspecified atom stereocenters. The number of carbonyl (C=O) groups excluding carboxylic acids is 1. The van der Waals surface area contributed by atoms with Gasteiger partial charge >= 0.3 is 0 Å². The molecule has 2 N–H and O–H groups in total. The second-order valence-electron chi connectivity index (χ2n) is 4.54. The smallest absolute Gasteiger partial charge is 0.243 e. The Morgan fingerprint density at radius 3 is 3.14 bits per heavy atom. The fourth-order valence-corrected chi connectivity index (χ4v) is 1.88. The third-order valence-corrected chi connectivity index (χ3v) is 2.97. The number of carbonyl (C=O) groups is 1. The van der Waals surface area contributed by atoms with Crippen molar-refractivity contribution in [2.24, 2.45) is 0 Å². The number of hydrogen-bond donors (Lipinski definition) is 2. The zero-order chi connectivity index (χ0) is 14.9. The van der Waals surface area contributed by atoms with Crippen molar-refractivity contribution in [1.82, 2.24) is 15.3 Å². The van der Waals surface area contributed by atoms with Gasteiger partial charge in [-0.1, -0.05) is 12.1 Å². The highest BCUT2D eigenvalue weighted by molar-refractivity contribution is 5.91. The summed E-state index contributed by atoms with van der Waals surface area (Å²) in [6.45, 7) is 0.627. The van der Waals surface area contributed by atoms with E-state index in [0.29, 0.717) is 6.54 Å². The van der Waals surface area contributed by atoms with Crippen molar-refractivity contribution in [1.29, 1.82) is 0 Å². The molecule has 5 nitrogen and oxygen atoms in total. The zero-order valence-electron chi connectivity index (χ0n) is 12.0. The topological polar surface area (TPSA) is 67.0 Å². The van der Waals surface area contributed by atoms with E-state index in [1.165, 1.54) is 6.08 Å². The largest absolute Gasteiger partial charge is 0.497 e.